The molecule has 0 amide bonds. The van der Waals surface area contributed by atoms with Gasteiger partial charge in [0.05, 0.1) is 22.9 Å². The molecular weight excluding hydrogens is 312 g/mol. The number of pyridine rings is 1. The fraction of sp³-hybridized carbons (Fsp3) is 0.316. The maximum Gasteiger partial charge on any atom is 0.0931 e. The minimum Gasteiger partial charge on any atom is -0.327 e. The first-order chi connectivity index (χ1) is 12.1. The number of aryl methyl sites for hydroxylation is 3. The summed E-state index contributed by atoms with van der Waals surface area (Å²) in [5.74, 6) is 0. The number of hydrogen-bond acceptors (Lipinski definition) is 4. The summed E-state index contributed by atoms with van der Waals surface area (Å²) in [6.45, 7) is 4.11. The van der Waals surface area contributed by atoms with E-state index < -0.39 is 0 Å². The molecule has 0 bridgehead atoms. The van der Waals surface area contributed by atoms with Crippen LogP contribution in [0, 0.1) is 13.8 Å². The first-order valence-corrected chi connectivity index (χ1v) is 8.68. The van der Waals surface area contributed by atoms with Gasteiger partial charge >= 0.3 is 0 Å². The van der Waals surface area contributed by atoms with E-state index in [2.05, 4.69) is 33.4 Å². The van der Waals surface area contributed by atoms with Crippen LogP contribution in [0.15, 0.2) is 18.3 Å². The minimum absolute atomic E-state index is 0.183. The van der Waals surface area contributed by atoms with Gasteiger partial charge in [0.25, 0.3) is 0 Å². The molecule has 1 aliphatic rings. The third-order valence-electron chi connectivity index (χ3n) is 5.38. The molecule has 0 fully saturated rings. The maximum atomic E-state index is 6.31. The lowest BCUT2D eigenvalue weighted by Gasteiger charge is -2.25. The number of rotatable bonds is 1. The molecule has 0 saturated carbocycles. The van der Waals surface area contributed by atoms with Gasteiger partial charge in [0, 0.05) is 33.8 Å². The molecule has 4 aromatic rings. The van der Waals surface area contributed by atoms with E-state index in [-0.39, 0.29) is 6.04 Å². The predicted molar refractivity (Wildman–Crippen MR) is 98.5 cm³/mol. The summed E-state index contributed by atoms with van der Waals surface area (Å²) < 4.78 is 0. The van der Waals surface area contributed by atoms with E-state index in [0.717, 1.165) is 52.9 Å². The smallest absolute Gasteiger partial charge is 0.0931 e. The van der Waals surface area contributed by atoms with Crippen LogP contribution in [0.1, 0.15) is 28.9 Å². The Morgan fingerprint density at radius 1 is 1.04 bits per heavy atom. The number of benzene rings is 1. The van der Waals surface area contributed by atoms with Crippen LogP contribution in [0.3, 0.4) is 0 Å². The number of nitrogens with one attached hydrogen (secondary N) is 2. The second kappa shape index (κ2) is 5.13. The highest BCUT2D eigenvalue weighted by molar-refractivity contribution is 6.09. The molecule has 0 spiro atoms. The summed E-state index contributed by atoms with van der Waals surface area (Å²) >= 11 is 0. The number of H-pyrrole nitrogens is 2. The van der Waals surface area contributed by atoms with Crippen LogP contribution in [0.5, 0.6) is 0 Å². The van der Waals surface area contributed by atoms with Gasteiger partial charge < -0.3 is 5.73 Å². The highest BCUT2D eigenvalue weighted by Crippen LogP contribution is 2.38. The molecule has 3 heterocycles. The van der Waals surface area contributed by atoms with E-state index >= 15 is 0 Å². The van der Waals surface area contributed by atoms with Gasteiger partial charge in [-0.05, 0) is 56.4 Å². The molecule has 1 aliphatic carbocycles. The SMILES string of the molecule is Cc1[nH]ncc1-c1nc2ccc3n[nH]c(C)c3c2c2c1CC(N)CC2. The van der Waals surface area contributed by atoms with Crippen LogP contribution >= 0.6 is 0 Å². The molecule has 3 aromatic heterocycles. The lowest BCUT2D eigenvalue weighted by Crippen LogP contribution is -2.28. The molecule has 6 nitrogen and oxygen atoms in total. The minimum atomic E-state index is 0.183. The number of nitrogens with zero attached hydrogens (tertiary/aromatic N) is 3. The monoisotopic (exact) mass is 332 g/mol. The van der Waals surface area contributed by atoms with Crippen molar-refractivity contribution in [1.82, 2.24) is 25.4 Å². The molecule has 126 valence electrons. The van der Waals surface area contributed by atoms with Gasteiger partial charge in [-0.2, -0.15) is 10.2 Å². The molecule has 5 rings (SSSR count). The first kappa shape index (κ1) is 14.6. The standard InChI is InChI=1S/C19H20N6/c1-9-14(8-21-23-9)19-13-7-11(20)3-4-12(13)18-15(22-19)5-6-16-17(18)10(2)24-25-16/h5-6,8,11H,3-4,7,20H2,1-2H3,(H,21,23)(H,24,25). The van der Waals surface area contributed by atoms with Crippen LogP contribution in [0.2, 0.25) is 0 Å². The first-order valence-electron chi connectivity index (χ1n) is 8.68. The van der Waals surface area contributed by atoms with E-state index in [1.54, 1.807) is 0 Å². The second-order valence-corrected chi connectivity index (χ2v) is 7.03. The molecule has 6 heteroatoms. The number of nitrogens with two attached hydrogens (primary N) is 1. The fourth-order valence-electron chi connectivity index (χ4n) is 4.14. The van der Waals surface area contributed by atoms with Gasteiger partial charge in [0.2, 0.25) is 0 Å². The van der Waals surface area contributed by atoms with Crippen molar-refractivity contribution in [3.63, 3.8) is 0 Å². The van der Waals surface area contributed by atoms with Crippen molar-refractivity contribution in [3.05, 3.63) is 40.8 Å². The van der Waals surface area contributed by atoms with Crippen molar-refractivity contribution in [2.24, 2.45) is 5.73 Å². The van der Waals surface area contributed by atoms with E-state index in [1.807, 2.05) is 19.2 Å². The summed E-state index contributed by atoms with van der Waals surface area (Å²) in [7, 11) is 0. The third-order valence-corrected chi connectivity index (χ3v) is 5.38. The van der Waals surface area contributed by atoms with Crippen LogP contribution in [-0.4, -0.2) is 31.4 Å². The van der Waals surface area contributed by atoms with Gasteiger partial charge in [-0.25, -0.2) is 4.98 Å². The fourth-order valence-corrected chi connectivity index (χ4v) is 4.14. The van der Waals surface area contributed by atoms with Gasteiger partial charge in [0.15, 0.2) is 0 Å². The summed E-state index contributed by atoms with van der Waals surface area (Å²) in [4.78, 5) is 5.04. The Balaban J connectivity index is 1.94. The molecule has 1 unspecified atom stereocenters. The Bertz CT molecular complexity index is 1120. The largest absolute Gasteiger partial charge is 0.327 e. The number of hydrogen-bond donors (Lipinski definition) is 3. The molecule has 0 radical (unpaired) electrons. The average molecular weight is 332 g/mol. The molecule has 25 heavy (non-hydrogen) atoms. The van der Waals surface area contributed by atoms with Gasteiger partial charge in [-0.15, -0.1) is 0 Å². The van der Waals surface area contributed by atoms with Crippen LogP contribution < -0.4 is 5.73 Å². The molecule has 4 N–H and O–H groups in total. The van der Waals surface area contributed by atoms with E-state index in [0.29, 0.717) is 0 Å². The van der Waals surface area contributed by atoms with E-state index in [9.17, 15) is 0 Å². The normalized spacial score (nSPS) is 17.3. The van der Waals surface area contributed by atoms with E-state index in [1.165, 1.54) is 21.9 Å². The molecule has 0 saturated heterocycles. The highest BCUT2D eigenvalue weighted by atomic mass is 15.1. The number of aromatic amines is 2. The summed E-state index contributed by atoms with van der Waals surface area (Å²) in [5.41, 5.74) is 15.2. The molecular formula is C19H20N6. The Morgan fingerprint density at radius 2 is 1.88 bits per heavy atom. The Morgan fingerprint density at radius 3 is 2.68 bits per heavy atom. The Labute approximate surface area is 144 Å². The lowest BCUT2D eigenvalue weighted by molar-refractivity contribution is 0.579. The van der Waals surface area contributed by atoms with Crippen LogP contribution in [0.4, 0.5) is 0 Å². The zero-order valence-corrected chi connectivity index (χ0v) is 14.3. The zero-order valence-electron chi connectivity index (χ0n) is 14.3. The zero-order chi connectivity index (χ0) is 17.1. The van der Waals surface area contributed by atoms with Crippen molar-refractivity contribution in [2.75, 3.05) is 0 Å². The van der Waals surface area contributed by atoms with Gasteiger partial charge in [-0.1, -0.05) is 0 Å². The summed E-state index contributed by atoms with van der Waals surface area (Å²) in [6.07, 6.45) is 4.70. The highest BCUT2D eigenvalue weighted by Gasteiger charge is 2.25. The number of aromatic nitrogens is 5. The Hall–Kier alpha value is -2.73. The maximum absolute atomic E-state index is 6.31. The van der Waals surface area contributed by atoms with Crippen molar-refractivity contribution < 1.29 is 0 Å². The topological polar surface area (TPSA) is 96.3 Å². The summed E-state index contributed by atoms with van der Waals surface area (Å²) in [5, 5.41) is 17.2. The van der Waals surface area contributed by atoms with Crippen LogP contribution in [-0.2, 0) is 12.8 Å². The molecule has 1 aromatic carbocycles. The summed E-state index contributed by atoms with van der Waals surface area (Å²) in [6, 6.07) is 4.30. The van der Waals surface area contributed by atoms with Crippen molar-refractivity contribution in [1.29, 1.82) is 0 Å². The van der Waals surface area contributed by atoms with Gasteiger partial charge in [-0.3, -0.25) is 10.2 Å². The quantitative estimate of drug-likeness (QED) is 0.499. The van der Waals surface area contributed by atoms with Crippen molar-refractivity contribution in [3.8, 4) is 11.3 Å². The second-order valence-electron chi connectivity index (χ2n) is 7.03. The third kappa shape index (κ3) is 2.04. The predicted octanol–water partition coefficient (Wildman–Crippen LogP) is 2.93. The lowest BCUT2D eigenvalue weighted by atomic mass is 9.83. The number of fused-ring (bicyclic) bond motifs is 5. The van der Waals surface area contributed by atoms with Gasteiger partial charge in [0.1, 0.15) is 0 Å². The van der Waals surface area contributed by atoms with E-state index in [4.69, 9.17) is 10.7 Å². The van der Waals surface area contributed by atoms with Crippen molar-refractivity contribution >= 4 is 21.8 Å². The van der Waals surface area contributed by atoms with Crippen LogP contribution in [0.25, 0.3) is 33.1 Å². The molecule has 1 atom stereocenters. The Kier molecular flexibility index (Phi) is 3.00. The molecule has 0 aliphatic heterocycles. The average Bonchev–Trinajstić information content (AvgIpc) is 3.20. The van der Waals surface area contributed by atoms with Crippen molar-refractivity contribution in [2.45, 2.75) is 39.2 Å².